The summed E-state index contributed by atoms with van der Waals surface area (Å²) >= 11 is 0. The Balaban J connectivity index is 1.35. The van der Waals surface area contributed by atoms with E-state index in [1.165, 1.54) is 12.8 Å². The lowest BCUT2D eigenvalue weighted by molar-refractivity contribution is -0.127. The molecule has 0 spiro atoms. The molecule has 2 saturated carbocycles. The van der Waals surface area contributed by atoms with E-state index in [-0.39, 0.29) is 17.9 Å². The van der Waals surface area contributed by atoms with Gasteiger partial charge in [0.15, 0.2) is 0 Å². The van der Waals surface area contributed by atoms with Gasteiger partial charge in [-0.25, -0.2) is 4.98 Å². The van der Waals surface area contributed by atoms with E-state index < -0.39 is 0 Å². The number of aromatic nitrogens is 1. The summed E-state index contributed by atoms with van der Waals surface area (Å²) in [7, 11) is 2.15. The monoisotopic (exact) mass is 343 g/mol. The molecule has 2 aliphatic carbocycles. The molecule has 3 aliphatic rings. The van der Waals surface area contributed by atoms with Crippen molar-refractivity contribution in [3.8, 4) is 0 Å². The Hall–Kier alpha value is -1.66. The Morgan fingerprint density at radius 3 is 2.76 bits per heavy atom. The summed E-state index contributed by atoms with van der Waals surface area (Å²) in [5, 5.41) is 3.12. The van der Waals surface area contributed by atoms with Crippen molar-refractivity contribution in [2.45, 2.75) is 31.8 Å². The number of hydrogen-bond donors (Lipinski definition) is 2. The lowest BCUT2D eigenvalue weighted by Gasteiger charge is -2.33. The van der Waals surface area contributed by atoms with Gasteiger partial charge >= 0.3 is 0 Å². The van der Waals surface area contributed by atoms with Crippen LogP contribution < -0.4 is 16.0 Å². The van der Waals surface area contributed by atoms with Crippen molar-refractivity contribution >= 4 is 11.7 Å². The maximum absolute atomic E-state index is 12.6. The minimum atomic E-state index is 0.0117. The van der Waals surface area contributed by atoms with Crippen LogP contribution in [0.3, 0.4) is 0 Å². The third kappa shape index (κ3) is 3.37. The van der Waals surface area contributed by atoms with Crippen LogP contribution in [0, 0.1) is 17.8 Å². The highest BCUT2D eigenvalue weighted by Gasteiger charge is 2.48. The minimum Gasteiger partial charge on any atom is -0.354 e. The Morgan fingerprint density at radius 1 is 1.28 bits per heavy atom. The molecule has 2 heterocycles. The predicted octanol–water partition coefficient (Wildman–Crippen LogP) is 0.823. The lowest BCUT2D eigenvalue weighted by atomic mass is 9.84. The number of likely N-dealkylation sites (N-methyl/N-ethyl adjacent to an activating group) is 1. The molecule has 0 aromatic carbocycles. The maximum Gasteiger partial charge on any atom is 0.225 e. The number of anilines is 1. The van der Waals surface area contributed by atoms with Gasteiger partial charge in [-0.15, -0.1) is 0 Å². The molecule has 136 valence electrons. The Morgan fingerprint density at radius 2 is 2.04 bits per heavy atom. The smallest absolute Gasteiger partial charge is 0.225 e. The van der Waals surface area contributed by atoms with Gasteiger partial charge in [-0.05, 0) is 55.8 Å². The molecule has 4 rings (SSSR count). The first-order valence-electron chi connectivity index (χ1n) is 9.53. The van der Waals surface area contributed by atoms with Crippen molar-refractivity contribution in [2.24, 2.45) is 23.5 Å². The van der Waals surface area contributed by atoms with E-state index in [4.69, 9.17) is 5.73 Å². The maximum atomic E-state index is 12.6. The van der Waals surface area contributed by atoms with Crippen LogP contribution in [0.1, 0.15) is 24.8 Å². The van der Waals surface area contributed by atoms with Gasteiger partial charge in [0.2, 0.25) is 5.91 Å². The van der Waals surface area contributed by atoms with Gasteiger partial charge in [-0.1, -0.05) is 0 Å². The largest absolute Gasteiger partial charge is 0.354 e. The average molecular weight is 343 g/mol. The number of carbonyl (C=O) groups is 1. The second kappa shape index (κ2) is 6.92. The van der Waals surface area contributed by atoms with Gasteiger partial charge in [0.05, 0.1) is 5.92 Å². The van der Waals surface area contributed by atoms with Crippen LogP contribution in [-0.4, -0.2) is 55.1 Å². The second-order valence-electron chi connectivity index (χ2n) is 7.97. The first-order chi connectivity index (χ1) is 12.1. The fourth-order valence-electron chi connectivity index (χ4n) is 4.81. The molecule has 6 heteroatoms. The summed E-state index contributed by atoms with van der Waals surface area (Å²) in [6, 6.07) is 4.14. The SMILES string of the molecule is CN1CCN(c2cc(CNC(=O)C3C4CCC(C4)C3N)ccn2)CC1. The predicted molar refractivity (Wildman–Crippen MR) is 98.1 cm³/mol. The zero-order valence-electron chi connectivity index (χ0n) is 15.0. The fourth-order valence-corrected chi connectivity index (χ4v) is 4.81. The summed E-state index contributed by atoms with van der Waals surface area (Å²) in [4.78, 5) is 21.8. The fraction of sp³-hybridized carbons (Fsp3) is 0.684. The number of nitrogens with zero attached hydrogens (tertiary/aromatic N) is 3. The first kappa shape index (κ1) is 16.8. The average Bonchev–Trinajstić information content (AvgIpc) is 3.22. The Kier molecular flexibility index (Phi) is 4.65. The van der Waals surface area contributed by atoms with Gasteiger partial charge in [0, 0.05) is 45.0 Å². The molecule has 2 bridgehead atoms. The summed E-state index contributed by atoms with van der Waals surface area (Å²) < 4.78 is 0. The van der Waals surface area contributed by atoms with Crippen LogP contribution in [0.4, 0.5) is 5.82 Å². The van der Waals surface area contributed by atoms with Crippen LogP contribution >= 0.6 is 0 Å². The zero-order valence-corrected chi connectivity index (χ0v) is 15.0. The molecule has 1 aliphatic heterocycles. The summed E-state index contributed by atoms with van der Waals surface area (Å²) in [6.07, 6.45) is 5.36. The second-order valence-corrected chi connectivity index (χ2v) is 7.97. The molecule has 25 heavy (non-hydrogen) atoms. The minimum absolute atomic E-state index is 0.0117. The molecule has 4 atom stereocenters. The number of nitrogens with one attached hydrogen (secondary N) is 1. The van der Waals surface area contributed by atoms with Crippen molar-refractivity contribution in [3.63, 3.8) is 0 Å². The van der Waals surface area contributed by atoms with Crippen molar-refractivity contribution in [3.05, 3.63) is 23.9 Å². The number of piperazine rings is 1. The quantitative estimate of drug-likeness (QED) is 0.847. The highest BCUT2D eigenvalue weighted by Crippen LogP contribution is 2.47. The number of fused-ring (bicyclic) bond motifs is 2. The summed E-state index contributed by atoms with van der Waals surface area (Å²) in [6.45, 7) is 4.68. The number of nitrogens with two attached hydrogens (primary N) is 1. The van der Waals surface area contributed by atoms with E-state index in [0.29, 0.717) is 18.4 Å². The number of amides is 1. The van der Waals surface area contributed by atoms with E-state index in [9.17, 15) is 4.79 Å². The van der Waals surface area contributed by atoms with Crippen LogP contribution in [-0.2, 0) is 11.3 Å². The van der Waals surface area contributed by atoms with Crippen LogP contribution in [0.15, 0.2) is 18.3 Å². The molecule has 1 amide bonds. The van der Waals surface area contributed by atoms with Crippen LogP contribution in [0.2, 0.25) is 0 Å². The van der Waals surface area contributed by atoms with Crippen molar-refractivity contribution in [2.75, 3.05) is 38.1 Å². The topological polar surface area (TPSA) is 74.5 Å². The van der Waals surface area contributed by atoms with Gasteiger partial charge < -0.3 is 20.9 Å². The standard InChI is InChI=1S/C19H29N5O/c1-23-6-8-24(9-7-23)16-10-13(4-5-21-16)12-22-19(25)17-14-2-3-15(11-14)18(17)20/h4-5,10,14-15,17-18H,2-3,6-9,11-12,20H2,1H3,(H,22,25). The molecule has 1 saturated heterocycles. The number of pyridine rings is 1. The molecule has 3 N–H and O–H groups in total. The molecular formula is C19H29N5O. The van der Waals surface area contributed by atoms with Gasteiger partial charge in [-0.2, -0.15) is 0 Å². The molecule has 3 fully saturated rings. The molecule has 1 aromatic rings. The number of rotatable bonds is 4. The molecule has 4 unspecified atom stereocenters. The highest BCUT2D eigenvalue weighted by atomic mass is 16.1. The number of hydrogen-bond acceptors (Lipinski definition) is 5. The van der Waals surface area contributed by atoms with Crippen molar-refractivity contribution < 1.29 is 4.79 Å². The van der Waals surface area contributed by atoms with E-state index in [0.717, 1.165) is 44.0 Å². The van der Waals surface area contributed by atoms with E-state index in [1.807, 2.05) is 12.3 Å². The molecule has 1 aromatic heterocycles. The first-order valence-corrected chi connectivity index (χ1v) is 9.53. The van der Waals surface area contributed by atoms with Gasteiger partial charge in [0.25, 0.3) is 0 Å². The third-order valence-corrected chi connectivity index (χ3v) is 6.39. The van der Waals surface area contributed by atoms with E-state index in [2.05, 4.69) is 33.2 Å². The molecule has 6 nitrogen and oxygen atoms in total. The summed E-state index contributed by atoms with van der Waals surface area (Å²) in [5.41, 5.74) is 7.39. The Labute approximate surface area is 149 Å². The zero-order chi connectivity index (χ0) is 17.4. The van der Waals surface area contributed by atoms with Crippen LogP contribution in [0.25, 0.3) is 0 Å². The normalized spacial score (nSPS) is 32.2. The van der Waals surface area contributed by atoms with Crippen molar-refractivity contribution in [1.29, 1.82) is 0 Å². The van der Waals surface area contributed by atoms with Crippen LogP contribution in [0.5, 0.6) is 0 Å². The highest BCUT2D eigenvalue weighted by molar-refractivity contribution is 5.80. The van der Waals surface area contributed by atoms with E-state index in [1.54, 1.807) is 0 Å². The van der Waals surface area contributed by atoms with Gasteiger partial charge in [0.1, 0.15) is 5.82 Å². The lowest BCUT2D eigenvalue weighted by Crippen LogP contribution is -2.45. The molecular weight excluding hydrogens is 314 g/mol. The number of carbonyl (C=O) groups excluding carboxylic acids is 1. The van der Waals surface area contributed by atoms with Gasteiger partial charge in [-0.3, -0.25) is 4.79 Å². The van der Waals surface area contributed by atoms with Crippen molar-refractivity contribution in [1.82, 2.24) is 15.2 Å². The van der Waals surface area contributed by atoms with E-state index >= 15 is 0 Å². The molecule has 0 radical (unpaired) electrons. The third-order valence-electron chi connectivity index (χ3n) is 6.39. The Bertz CT molecular complexity index is 626. The summed E-state index contributed by atoms with van der Waals surface area (Å²) in [5.74, 6) is 2.22.